The first-order chi connectivity index (χ1) is 9.83. The summed E-state index contributed by atoms with van der Waals surface area (Å²) in [5, 5.41) is 3.57. The molecule has 1 nitrogen and oxygen atoms in total. The van der Waals surface area contributed by atoms with Crippen LogP contribution in [0.4, 0.5) is 0 Å². The van der Waals surface area contributed by atoms with E-state index >= 15 is 0 Å². The monoisotopic (exact) mass is 363 g/mol. The fraction of sp³-hybridized carbons (Fsp3) is 0.333. The Kier molecular flexibility index (Phi) is 5.53. The lowest BCUT2D eigenvalue weighted by Crippen LogP contribution is -2.35. The van der Waals surface area contributed by atoms with Gasteiger partial charge in [-0.1, -0.05) is 45.4 Å². The van der Waals surface area contributed by atoms with Gasteiger partial charge in [0.1, 0.15) is 0 Å². The van der Waals surface area contributed by atoms with Gasteiger partial charge in [0.05, 0.1) is 0 Å². The molecule has 2 rings (SSSR count). The number of rotatable bonds is 4. The summed E-state index contributed by atoms with van der Waals surface area (Å²) >= 11 is 5.40. The second kappa shape index (κ2) is 6.99. The molecule has 112 valence electrons. The topological polar surface area (TPSA) is 12.0 Å². The van der Waals surface area contributed by atoms with Crippen molar-refractivity contribution in [1.82, 2.24) is 5.32 Å². The molecule has 0 bridgehead atoms. The molecule has 0 unspecified atom stereocenters. The van der Waals surface area contributed by atoms with Gasteiger partial charge >= 0.3 is 0 Å². The smallest absolute Gasteiger partial charge is 0.0221 e. The van der Waals surface area contributed by atoms with Crippen molar-refractivity contribution in [3.8, 4) is 0 Å². The Morgan fingerprint density at radius 1 is 1.05 bits per heavy atom. The number of hydrogen-bond donors (Lipinski definition) is 1. The lowest BCUT2D eigenvalue weighted by Gasteiger charge is -2.21. The van der Waals surface area contributed by atoms with Crippen LogP contribution in [0.25, 0.3) is 0 Å². The molecule has 2 aromatic carbocycles. The normalized spacial score (nSPS) is 11.7. The van der Waals surface area contributed by atoms with Gasteiger partial charge in [-0.25, -0.2) is 0 Å². The molecule has 0 aromatic heterocycles. The van der Waals surface area contributed by atoms with E-state index in [9.17, 15) is 0 Å². The molecule has 0 aliphatic heterocycles. The average Bonchev–Trinajstić information content (AvgIpc) is 2.40. The molecule has 0 heterocycles. The summed E-state index contributed by atoms with van der Waals surface area (Å²) < 4.78 is 1.13. The first-order valence-electron chi connectivity index (χ1n) is 7.11. The van der Waals surface area contributed by atoms with Crippen molar-refractivity contribution < 1.29 is 0 Å². The van der Waals surface area contributed by atoms with E-state index < -0.39 is 0 Å². The lowest BCUT2D eigenvalue weighted by atomic mass is 10.1. The van der Waals surface area contributed by atoms with Crippen LogP contribution in [0.15, 0.2) is 56.7 Å². The number of hydrogen-bond acceptors (Lipinski definition) is 2. The third kappa shape index (κ3) is 5.50. The van der Waals surface area contributed by atoms with Gasteiger partial charge in [0.2, 0.25) is 0 Å². The van der Waals surface area contributed by atoms with Crippen LogP contribution in [0.1, 0.15) is 31.9 Å². The van der Waals surface area contributed by atoms with Crippen LogP contribution in [0.3, 0.4) is 0 Å². The minimum atomic E-state index is 0.119. The molecule has 0 atom stereocenters. The zero-order valence-corrected chi connectivity index (χ0v) is 15.4. The molecule has 0 fully saturated rings. The zero-order chi connectivity index (χ0) is 15.5. The van der Waals surface area contributed by atoms with Gasteiger partial charge in [-0.3, -0.25) is 0 Å². The van der Waals surface area contributed by atoms with Crippen LogP contribution < -0.4 is 5.32 Å². The summed E-state index contributed by atoms with van der Waals surface area (Å²) in [5.41, 5.74) is 2.74. The molecule has 0 saturated heterocycles. The summed E-state index contributed by atoms with van der Waals surface area (Å²) in [7, 11) is 0. The van der Waals surface area contributed by atoms with E-state index in [4.69, 9.17) is 0 Å². The quantitative estimate of drug-likeness (QED) is 0.736. The van der Waals surface area contributed by atoms with Crippen molar-refractivity contribution in [3.05, 3.63) is 58.1 Å². The van der Waals surface area contributed by atoms with E-state index in [0.717, 1.165) is 11.0 Å². The molecule has 0 amide bonds. The van der Waals surface area contributed by atoms with Gasteiger partial charge < -0.3 is 5.32 Å². The second-order valence-electron chi connectivity index (χ2n) is 6.27. The van der Waals surface area contributed by atoms with Gasteiger partial charge in [-0.2, -0.15) is 0 Å². The van der Waals surface area contributed by atoms with Crippen molar-refractivity contribution >= 4 is 27.7 Å². The van der Waals surface area contributed by atoms with Crippen LogP contribution in [-0.2, 0) is 6.54 Å². The fourth-order valence-electron chi connectivity index (χ4n) is 1.88. The predicted octanol–water partition coefficient (Wildman–Crippen LogP) is 5.80. The SMILES string of the molecule is Cc1ccc(Sc2ccc(Br)cc2CNC(C)(C)C)cc1. The van der Waals surface area contributed by atoms with Crippen molar-refractivity contribution in [3.63, 3.8) is 0 Å². The fourth-order valence-corrected chi connectivity index (χ4v) is 3.21. The van der Waals surface area contributed by atoms with Gasteiger partial charge in [0.15, 0.2) is 0 Å². The van der Waals surface area contributed by atoms with Crippen LogP contribution in [0.2, 0.25) is 0 Å². The molecule has 0 radical (unpaired) electrons. The summed E-state index contributed by atoms with van der Waals surface area (Å²) in [6.07, 6.45) is 0. The highest BCUT2D eigenvalue weighted by molar-refractivity contribution is 9.10. The van der Waals surface area contributed by atoms with Gasteiger partial charge in [0, 0.05) is 26.3 Å². The summed E-state index contributed by atoms with van der Waals surface area (Å²) in [4.78, 5) is 2.58. The first kappa shape index (κ1) is 16.6. The highest BCUT2D eigenvalue weighted by atomic mass is 79.9. The average molecular weight is 364 g/mol. The highest BCUT2D eigenvalue weighted by Gasteiger charge is 2.11. The first-order valence-corrected chi connectivity index (χ1v) is 8.72. The highest BCUT2D eigenvalue weighted by Crippen LogP contribution is 2.32. The van der Waals surface area contributed by atoms with Crippen LogP contribution in [-0.4, -0.2) is 5.54 Å². The summed E-state index contributed by atoms with van der Waals surface area (Å²) in [6.45, 7) is 9.57. The molecule has 0 spiro atoms. The Morgan fingerprint density at radius 2 is 1.71 bits per heavy atom. The van der Waals surface area contributed by atoms with E-state index in [0.29, 0.717) is 0 Å². The van der Waals surface area contributed by atoms with Crippen molar-refractivity contribution in [2.75, 3.05) is 0 Å². The molecule has 1 N–H and O–H groups in total. The molecule has 0 aliphatic carbocycles. The Hall–Kier alpha value is -0.770. The minimum Gasteiger partial charge on any atom is -0.308 e. The molecule has 0 saturated carbocycles. The third-order valence-electron chi connectivity index (χ3n) is 3.08. The molecule has 2 aromatic rings. The maximum atomic E-state index is 3.57. The Labute approximate surface area is 140 Å². The number of halogens is 1. The van der Waals surface area contributed by atoms with Crippen molar-refractivity contribution in [1.29, 1.82) is 0 Å². The minimum absolute atomic E-state index is 0.119. The molecule has 21 heavy (non-hydrogen) atoms. The molecule has 3 heteroatoms. The summed E-state index contributed by atoms with van der Waals surface area (Å²) in [5.74, 6) is 0. The maximum absolute atomic E-state index is 3.57. The van der Waals surface area contributed by atoms with Gasteiger partial charge in [-0.05, 0) is 63.6 Å². The Balaban J connectivity index is 2.20. The standard InChI is InChI=1S/C18H22BrNS/c1-13-5-8-16(9-6-13)21-17-10-7-15(19)11-14(17)12-20-18(2,3)4/h5-11,20H,12H2,1-4H3. The van der Waals surface area contributed by atoms with Gasteiger partial charge in [-0.15, -0.1) is 0 Å². The van der Waals surface area contributed by atoms with Crippen molar-refractivity contribution in [2.24, 2.45) is 0 Å². The van der Waals surface area contributed by atoms with E-state index in [2.05, 4.69) is 91.4 Å². The second-order valence-corrected chi connectivity index (χ2v) is 8.30. The van der Waals surface area contributed by atoms with Crippen molar-refractivity contribution in [2.45, 2.75) is 49.6 Å². The van der Waals surface area contributed by atoms with E-state index in [-0.39, 0.29) is 5.54 Å². The number of aryl methyl sites for hydroxylation is 1. The Bertz CT molecular complexity index is 600. The Morgan fingerprint density at radius 3 is 2.33 bits per heavy atom. The largest absolute Gasteiger partial charge is 0.308 e. The molecular weight excluding hydrogens is 342 g/mol. The van der Waals surface area contributed by atoms with E-state index in [1.54, 1.807) is 0 Å². The third-order valence-corrected chi connectivity index (χ3v) is 4.70. The molecular formula is C18H22BrNS. The van der Waals surface area contributed by atoms with Crippen LogP contribution in [0, 0.1) is 6.92 Å². The van der Waals surface area contributed by atoms with Crippen LogP contribution in [0.5, 0.6) is 0 Å². The number of benzene rings is 2. The molecule has 0 aliphatic rings. The van der Waals surface area contributed by atoms with E-state index in [1.807, 2.05) is 11.8 Å². The lowest BCUT2D eigenvalue weighted by molar-refractivity contribution is 0.422. The van der Waals surface area contributed by atoms with E-state index in [1.165, 1.54) is 20.9 Å². The number of nitrogens with one attached hydrogen (secondary N) is 1. The maximum Gasteiger partial charge on any atom is 0.0221 e. The summed E-state index contributed by atoms with van der Waals surface area (Å²) in [6, 6.07) is 15.2. The van der Waals surface area contributed by atoms with Gasteiger partial charge in [0.25, 0.3) is 0 Å². The predicted molar refractivity (Wildman–Crippen MR) is 96.0 cm³/mol. The van der Waals surface area contributed by atoms with Crippen LogP contribution >= 0.6 is 27.7 Å². The zero-order valence-electron chi connectivity index (χ0n) is 13.0.